The molecular formula is C16H14N2O10S2. The van der Waals surface area contributed by atoms with E-state index < -0.39 is 54.2 Å². The van der Waals surface area contributed by atoms with E-state index >= 15 is 0 Å². The molecule has 1 heterocycles. The van der Waals surface area contributed by atoms with Gasteiger partial charge in [0.1, 0.15) is 11.4 Å². The summed E-state index contributed by atoms with van der Waals surface area (Å²) in [6.45, 7) is -0.771. The van der Waals surface area contributed by atoms with Crippen molar-refractivity contribution >= 4 is 48.5 Å². The number of amides is 2. The molecule has 2 amide bonds. The summed E-state index contributed by atoms with van der Waals surface area (Å²) in [5.41, 5.74) is -0.571. The van der Waals surface area contributed by atoms with Crippen LogP contribution in [0.5, 0.6) is 5.75 Å². The second-order valence-corrected chi connectivity index (χ2v) is 9.01. The Hall–Kier alpha value is -3.04. The van der Waals surface area contributed by atoms with Crippen LogP contribution in [0.25, 0.3) is 10.8 Å². The Morgan fingerprint density at radius 2 is 1.50 bits per heavy atom. The molecule has 2 aromatic rings. The monoisotopic (exact) mass is 458 g/mol. The first kappa shape index (κ1) is 21.7. The zero-order valence-electron chi connectivity index (χ0n) is 14.8. The van der Waals surface area contributed by atoms with Crippen LogP contribution in [-0.2, 0) is 29.8 Å². The van der Waals surface area contributed by atoms with Gasteiger partial charge in [-0.15, -0.1) is 0 Å². The summed E-state index contributed by atoms with van der Waals surface area (Å²) in [5.74, 6) is -2.28. The lowest BCUT2D eigenvalue weighted by Crippen LogP contribution is -2.34. The van der Waals surface area contributed by atoms with Crippen LogP contribution in [0, 0.1) is 0 Å². The normalized spacial score (nSPS) is 15.0. The summed E-state index contributed by atoms with van der Waals surface area (Å²) in [6, 6.07) is 3.25. The van der Waals surface area contributed by atoms with Crippen LogP contribution in [0.3, 0.4) is 0 Å². The van der Waals surface area contributed by atoms with Gasteiger partial charge in [-0.3, -0.25) is 23.6 Å². The topological polar surface area (TPSA) is 199 Å². The third-order valence-corrected chi connectivity index (χ3v) is 5.84. The highest BCUT2D eigenvalue weighted by atomic mass is 32.2. The number of anilines is 1. The fraction of sp³-hybridized carbons (Fsp3) is 0.125. The summed E-state index contributed by atoms with van der Waals surface area (Å²) in [4.78, 5) is 23.5. The number of β-amino-alcohol motifs (C(OH)–C–C–N with tert-alkyl or cyclic N) is 1. The van der Waals surface area contributed by atoms with E-state index in [1.165, 1.54) is 0 Å². The molecular weight excluding hydrogens is 444 g/mol. The van der Waals surface area contributed by atoms with Gasteiger partial charge in [0.15, 0.2) is 0 Å². The molecule has 0 spiro atoms. The molecule has 14 heteroatoms. The molecule has 0 fully saturated rings. The predicted molar refractivity (Wildman–Crippen MR) is 101 cm³/mol. The van der Waals surface area contributed by atoms with Gasteiger partial charge < -0.3 is 15.5 Å². The third-order valence-electron chi connectivity index (χ3n) is 4.17. The maximum atomic E-state index is 12.3. The summed E-state index contributed by atoms with van der Waals surface area (Å²) < 4.78 is 64.6. The first-order valence-corrected chi connectivity index (χ1v) is 10.9. The molecule has 0 bridgehead atoms. The Kier molecular flexibility index (Phi) is 5.30. The van der Waals surface area contributed by atoms with Gasteiger partial charge in [-0.25, -0.2) is 0 Å². The fourth-order valence-corrected chi connectivity index (χ4v) is 3.97. The van der Waals surface area contributed by atoms with E-state index in [4.69, 9.17) is 5.11 Å². The lowest BCUT2D eigenvalue weighted by Gasteiger charge is -2.16. The molecule has 0 saturated carbocycles. The zero-order chi connectivity index (χ0) is 22.4. The molecule has 0 atom stereocenters. The highest BCUT2D eigenvalue weighted by Gasteiger charge is 2.31. The SMILES string of the molecule is O=C1C=C(Nc2cc(S(=O)(=O)O)cc3cc(S(=O)(=O)O)cc(O)c23)C(=O)N1CCO. The van der Waals surface area contributed by atoms with E-state index in [1.807, 2.05) is 0 Å². The molecule has 0 aromatic heterocycles. The molecule has 160 valence electrons. The molecule has 1 aliphatic heterocycles. The van der Waals surface area contributed by atoms with E-state index in [9.17, 15) is 40.6 Å². The number of aromatic hydroxyl groups is 1. The lowest BCUT2D eigenvalue weighted by atomic mass is 10.1. The number of imide groups is 1. The number of rotatable bonds is 6. The number of hydrogen-bond donors (Lipinski definition) is 5. The number of benzene rings is 2. The molecule has 5 N–H and O–H groups in total. The van der Waals surface area contributed by atoms with Crippen molar-refractivity contribution in [1.29, 1.82) is 0 Å². The molecule has 0 unspecified atom stereocenters. The van der Waals surface area contributed by atoms with Crippen molar-refractivity contribution in [3.63, 3.8) is 0 Å². The molecule has 3 rings (SSSR count). The van der Waals surface area contributed by atoms with Crippen molar-refractivity contribution in [2.75, 3.05) is 18.5 Å². The number of nitrogens with zero attached hydrogens (tertiary/aromatic N) is 1. The van der Waals surface area contributed by atoms with Gasteiger partial charge in [-0.05, 0) is 23.6 Å². The van der Waals surface area contributed by atoms with Crippen molar-refractivity contribution in [1.82, 2.24) is 4.90 Å². The predicted octanol–water partition coefficient (Wildman–Crippen LogP) is -0.304. The van der Waals surface area contributed by atoms with Crippen molar-refractivity contribution in [2.24, 2.45) is 0 Å². The van der Waals surface area contributed by atoms with Gasteiger partial charge in [0.2, 0.25) is 0 Å². The number of aliphatic hydroxyl groups excluding tert-OH is 1. The number of nitrogens with one attached hydrogen (secondary N) is 1. The van der Waals surface area contributed by atoms with Crippen LogP contribution >= 0.6 is 0 Å². The van der Waals surface area contributed by atoms with Gasteiger partial charge in [0.25, 0.3) is 32.1 Å². The van der Waals surface area contributed by atoms with Crippen LogP contribution < -0.4 is 5.32 Å². The second kappa shape index (κ2) is 7.33. The van der Waals surface area contributed by atoms with E-state index in [-0.39, 0.29) is 28.7 Å². The van der Waals surface area contributed by atoms with Crippen molar-refractivity contribution in [3.8, 4) is 5.75 Å². The first-order valence-electron chi connectivity index (χ1n) is 8.04. The number of phenols is 1. The minimum absolute atomic E-state index is 0.156. The molecule has 0 saturated heterocycles. The van der Waals surface area contributed by atoms with Crippen molar-refractivity contribution in [2.45, 2.75) is 9.79 Å². The summed E-state index contributed by atoms with van der Waals surface area (Å²) in [6.07, 6.45) is 0.882. The smallest absolute Gasteiger partial charge is 0.294 e. The van der Waals surface area contributed by atoms with Crippen LogP contribution in [-0.4, -0.2) is 66.0 Å². The number of hydrogen-bond acceptors (Lipinski definition) is 9. The molecule has 0 aliphatic carbocycles. The van der Waals surface area contributed by atoms with E-state index in [0.29, 0.717) is 11.0 Å². The molecule has 12 nitrogen and oxygen atoms in total. The number of aliphatic hydroxyl groups is 1. The zero-order valence-corrected chi connectivity index (χ0v) is 16.4. The average Bonchev–Trinajstić information content (AvgIpc) is 2.87. The third kappa shape index (κ3) is 3.99. The average molecular weight is 458 g/mol. The van der Waals surface area contributed by atoms with Crippen LogP contribution in [0.4, 0.5) is 5.69 Å². The maximum Gasteiger partial charge on any atom is 0.294 e. The summed E-state index contributed by atoms with van der Waals surface area (Å²) in [7, 11) is -9.57. The standard InChI is InChI=1S/C16H14N2O10S2/c19-2-1-18-14(21)7-12(16(18)22)17-11-5-9(29(23,24)25)3-8-4-10(30(26,27)28)6-13(20)15(8)11/h3-7,17,19-20H,1-2H2,(H,23,24,25)(H,26,27,28). The quantitative estimate of drug-likeness (QED) is 0.281. The highest BCUT2D eigenvalue weighted by molar-refractivity contribution is 7.86. The Morgan fingerprint density at radius 3 is 2.03 bits per heavy atom. The van der Waals surface area contributed by atoms with E-state index in [1.54, 1.807) is 0 Å². The number of carbonyl (C=O) groups is 2. The van der Waals surface area contributed by atoms with Gasteiger partial charge >= 0.3 is 0 Å². The molecule has 30 heavy (non-hydrogen) atoms. The van der Waals surface area contributed by atoms with E-state index in [0.717, 1.165) is 24.3 Å². The Bertz CT molecular complexity index is 1320. The molecule has 2 aromatic carbocycles. The van der Waals surface area contributed by atoms with Gasteiger partial charge in [0, 0.05) is 17.5 Å². The number of fused-ring (bicyclic) bond motifs is 1. The number of carbonyl (C=O) groups excluding carboxylic acids is 2. The Labute approximate surface area is 169 Å². The molecule has 0 radical (unpaired) electrons. The number of phenolic OH excluding ortho intramolecular Hbond substituents is 1. The van der Waals surface area contributed by atoms with Crippen LogP contribution in [0.2, 0.25) is 0 Å². The van der Waals surface area contributed by atoms with Gasteiger partial charge in [0.05, 0.1) is 28.6 Å². The van der Waals surface area contributed by atoms with Crippen LogP contribution in [0.15, 0.2) is 45.8 Å². The largest absolute Gasteiger partial charge is 0.507 e. The second-order valence-electron chi connectivity index (χ2n) is 6.16. The van der Waals surface area contributed by atoms with Gasteiger partial charge in [-0.1, -0.05) is 0 Å². The summed E-state index contributed by atoms with van der Waals surface area (Å²) in [5, 5.41) is 21.3. The molecule has 1 aliphatic rings. The van der Waals surface area contributed by atoms with Crippen LogP contribution in [0.1, 0.15) is 0 Å². The minimum Gasteiger partial charge on any atom is -0.507 e. The van der Waals surface area contributed by atoms with Crippen molar-refractivity contribution in [3.05, 3.63) is 36.0 Å². The fourth-order valence-electron chi connectivity index (χ4n) is 2.89. The Balaban J connectivity index is 2.22. The van der Waals surface area contributed by atoms with Crippen molar-refractivity contribution < 1.29 is 45.7 Å². The lowest BCUT2D eigenvalue weighted by molar-refractivity contribution is -0.137. The Morgan fingerprint density at radius 1 is 0.933 bits per heavy atom. The first-order chi connectivity index (χ1) is 13.8. The maximum absolute atomic E-state index is 12.3. The van der Waals surface area contributed by atoms with Gasteiger partial charge in [-0.2, -0.15) is 16.8 Å². The summed E-state index contributed by atoms with van der Waals surface area (Å²) >= 11 is 0. The minimum atomic E-state index is -4.80. The highest BCUT2D eigenvalue weighted by Crippen LogP contribution is 2.37. The van der Waals surface area contributed by atoms with E-state index in [2.05, 4.69) is 5.32 Å².